The average Bonchev–Trinajstić information content (AvgIpc) is 2.05. The lowest BCUT2D eigenvalue weighted by Gasteiger charge is -2.27. The maximum absolute atomic E-state index is 10.2. The maximum atomic E-state index is 10.2. The third kappa shape index (κ3) is 1.88. The molecule has 0 radical (unpaired) electrons. The highest BCUT2D eigenvalue weighted by molar-refractivity contribution is 7.78. The zero-order valence-electron chi connectivity index (χ0n) is 5.79. The van der Waals surface area contributed by atoms with Crippen LogP contribution in [0.1, 0.15) is 12.8 Å². The number of amides is 1. The Bertz CT molecular complexity index is 114. The van der Waals surface area contributed by atoms with Crippen LogP contribution in [0, 0.1) is 0 Å². The molecule has 0 aromatic heterocycles. The van der Waals surface area contributed by atoms with Gasteiger partial charge in [0, 0.05) is 6.54 Å². The van der Waals surface area contributed by atoms with Gasteiger partial charge in [-0.2, -0.15) is 0 Å². The molecule has 1 rings (SSSR count). The van der Waals surface area contributed by atoms with Gasteiger partial charge >= 0.3 is 0 Å². The first-order chi connectivity index (χ1) is 4.84. The highest BCUT2D eigenvalue weighted by Gasteiger charge is 2.16. The standard InChI is InChI=1S/C6H12N2OS/c9-5-8(10)6-2-1-3-7-4-6/h5-7,10H,1-4H2. The van der Waals surface area contributed by atoms with Gasteiger partial charge < -0.3 is 5.32 Å². The highest BCUT2D eigenvalue weighted by Crippen LogP contribution is 2.09. The van der Waals surface area contributed by atoms with Crippen molar-refractivity contribution in [2.45, 2.75) is 18.9 Å². The zero-order valence-corrected chi connectivity index (χ0v) is 6.68. The molecule has 1 saturated heterocycles. The quantitative estimate of drug-likeness (QED) is 0.441. The molecule has 1 heterocycles. The van der Waals surface area contributed by atoms with Crippen molar-refractivity contribution in [3.63, 3.8) is 0 Å². The first-order valence-electron chi connectivity index (χ1n) is 3.48. The molecule has 4 heteroatoms. The molecule has 0 saturated carbocycles. The van der Waals surface area contributed by atoms with Crippen LogP contribution in [0.2, 0.25) is 0 Å². The predicted octanol–water partition coefficient (Wildman–Crippen LogP) is 0.0416. The molecule has 1 aliphatic heterocycles. The number of piperidine rings is 1. The lowest BCUT2D eigenvalue weighted by Crippen LogP contribution is -2.41. The molecule has 1 fully saturated rings. The van der Waals surface area contributed by atoms with Crippen LogP contribution in [0.3, 0.4) is 0 Å². The molecule has 0 spiro atoms. The number of hydrogen-bond donors (Lipinski definition) is 2. The Labute approximate surface area is 66.3 Å². The number of carbonyl (C=O) groups is 1. The largest absolute Gasteiger partial charge is 0.315 e. The van der Waals surface area contributed by atoms with Crippen molar-refractivity contribution in [2.24, 2.45) is 0 Å². The molecule has 0 aromatic rings. The number of rotatable bonds is 2. The van der Waals surface area contributed by atoms with E-state index in [1.54, 1.807) is 0 Å². The fourth-order valence-electron chi connectivity index (χ4n) is 1.15. The fourth-order valence-corrected chi connectivity index (χ4v) is 1.34. The third-order valence-electron chi connectivity index (χ3n) is 1.75. The molecule has 1 atom stereocenters. The van der Waals surface area contributed by atoms with Gasteiger partial charge in [-0.3, -0.25) is 9.10 Å². The Kier molecular flexibility index (Phi) is 3.02. The van der Waals surface area contributed by atoms with Crippen molar-refractivity contribution >= 4 is 19.2 Å². The van der Waals surface area contributed by atoms with Gasteiger partial charge in [-0.1, -0.05) is 12.8 Å². The van der Waals surface area contributed by atoms with Crippen molar-refractivity contribution in [1.29, 1.82) is 0 Å². The van der Waals surface area contributed by atoms with Crippen molar-refractivity contribution in [3.8, 4) is 0 Å². The molecule has 0 aliphatic carbocycles. The number of hydrogen-bond acceptors (Lipinski definition) is 3. The van der Waals surface area contributed by atoms with Crippen molar-refractivity contribution in [3.05, 3.63) is 0 Å². The fraction of sp³-hybridized carbons (Fsp3) is 0.833. The zero-order chi connectivity index (χ0) is 7.40. The summed E-state index contributed by atoms with van der Waals surface area (Å²) in [6, 6.07) is 0.287. The first-order valence-corrected chi connectivity index (χ1v) is 3.88. The van der Waals surface area contributed by atoms with Gasteiger partial charge in [-0.05, 0) is 19.4 Å². The SMILES string of the molecule is O=CN(S)C1CCCNC1. The summed E-state index contributed by atoms with van der Waals surface area (Å²) >= 11 is 4.00. The highest BCUT2D eigenvalue weighted by atomic mass is 32.1. The van der Waals surface area contributed by atoms with Crippen LogP contribution >= 0.6 is 12.8 Å². The predicted molar refractivity (Wildman–Crippen MR) is 42.8 cm³/mol. The van der Waals surface area contributed by atoms with E-state index >= 15 is 0 Å². The topological polar surface area (TPSA) is 32.3 Å². The Balaban J connectivity index is 2.30. The van der Waals surface area contributed by atoms with Crippen LogP contribution in [0.5, 0.6) is 0 Å². The van der Waals surface area contributed by atoms with E-state index < -0.39 is 0 Å². The summed E-state index contributed by atoms with van der Waals surface area (Å²) in [5.74, 6) is 0. The van der Waals surface area contributed by atoms with Crippen LogP contribution in [-0.4, -0.2) is 29.8 Å². The summed E-state index contributed by atoms with van der Waals surface area (Å²) in [4.78, 5) is 10.2. The number of carbonyl (C=O) groups excluding carboxylic acids is 1. The summed E-state index contributed by atoms with van der Waals surface area (Å²) in [5.41, 5.74) is 0. The van der Waals surface area contributed by atoms with E-state index in [4.69, 9.17) is 0 Å². The average molecular weight is 160 g/mol. The normalized spacial score (nSPS) is 25.9. The minimum atomic E-state index is 0.287. The van der Waals surface area contributed by atoms with E-state index in [0.717, 1.165) is 32.3 Å². The van der Waals surface area contributed by atoms with Gasteiger partial charge in [-0.25, -0.2) is 0 Å². The van der Waals surface area contributed by atoms with Gasteiger partial charge in [0.15, 0.2) is 0 Å². The second-order valence-corrected chi connectivity index (χ2v) is 2.95. The van der Waals surface area contributed by atoms with E-state index in [1.807, 2.05) is 0 Å². The van der Waals surface area contributed by atoms with Gasteiger partial charge in [0.25, 0.3) is 0 Å². The minimum absolute atomic E-state index is 0.287. The lowest BCUT2D eigenvalue weighted by atomic mass is 10.1. The van der Waals surface area contributed by atoms with Crippen LogP contribution in [-0.2, 0) is 4.79 Å². The van der Waals surface area contributed by atoms with Crippen LogP contribution in [0.4, 0.5) is 0 Å². The Morgan fingerprint density at radius 1 is 1.70 bits per heavy atom. The molecule has 0 bridgehead atoms. The molecule has 3 nitrogen and oxygen atoms in total. The van der Waals surface area contributed by atoms with Crippen molar-refractivity contribution in [2.75, 3.05) is 13.1 Å². The van der Waals surface area contributed by atoms with E-state index in [-0.39, 0.29) is 6.04 Å². The maximum Gasteiger partial charge on any atom is 0.219 e. The van der Waals surface area contributed by atoms with Gasteiger partial charge in [-0.15, -0.1) is 0 Å². The summed E-state index contributed by atoms with van der Waals surface area (Å²) in [6.07, 6.45) is 2.96. The van der Waals surface area contributed by atoms with Crippen LogP contribution < -0.4 is 5.32 Å². The van der Waals surface area contributed by atoms with Gasteiger partial charge in [0.1, 0.15) is 0 Å². The van der Waals surface area contributed by atoms with E-state index in [9.17, 15) is 4.79 Å². The van der Waals surface area contributed by atoms with Crippen molar-refractivity contribution in [1.82, 2.24) is 9.62 Å². The number of thiol groups is 1. The Morgan fingerprint density at radius 3 is 3.00 bits per heavy atom. The van der Waals surface area contributed by atoms with Crippen LogP contribution in [0.15, 0.2) is 0 Å². The second kappa shape index (κ2) is 3.83. The number of nitrogens with one attached hydrogen (secondary N) is 1. The molecule has 10 heavy (non-hydrogen) atoms. The summed E-state index contributed by atoms with van der Waals surface area (Å²) < 4.78 is 1.44. The molecule has 1 aliphatic rings. The lowest BCUT2D eigenvalue weighted by molar-refractivity contribution is -0.115. The molecule has 1 unspecified atom stereocenters. The molecule has 1 N–H and O–H groups in total. The first kappa shape index (κ1) is 7.88. The van der Waals surface area contributed by atoms with E-state index in [2.05, 4.69) is 18.1 Å². The Hall–Kier alpha value is -0.220. The summed E-state index contributed by atoms with van der Waals surface area (Å²) in [6.45, 7) is 1.94. The molecule has 1 amide bonds. The summed E-state index contributed by atoms with van der Waals surface area (Å²) in [5, 5.41) is 3.20. The molecule has 58 valence electrons. The minimum Gasteiger partial charge on any atom is -0.315 e. The van der Waals surface area contributed by atoms with Gasteiger partial charge in [0.05, 0.1) is 6.04 Å². The van der Waals surface area contributed by atoms with E-state index in [1.165, 1.54) is 4.31 Å². The van der Waals surface area contributed by atoms with Crippen molar-refractivity contribution < 1.29 is 4.79 Å². The van der Waals surface area contributed by atoms with Gasteiger partial charge in [0.2, 0.25) is 6.41 Å². The number of nitrogens with zero attached hydrogens (tertiary/aromatic N) is 1. The van der Waals surface area contributed by atoms with Crippen LogP contribution in [0.25, 0.3) is 0 Å². The monoisotopic (exact) mass is 160 g/mol. The second-order valence-electron chi connectivity index (χ2n) is 2.49. The summed E-state index contributed by atoms with van der Waals surface area (Å²) in [7, 11) is 0. The molecule has 0 aromatic carbocycles. The Morgan fingerprint density at radius 2 is 2.50 bits per heavy atom. The third-order valence-corrected chi connectivity index (χ3v) is 2.17. The molecular weight excluding hydrogens is 148 g/mol. The molecular formula is C6H12N2OS. The smallest absolute Gasteiger partial charge is 0.219 e. The van der Waals surface area contributed by atoms with E-state index in [0.29, 0.717) is 0 Å².